The van der Waals surface area contributed by atoms with E-state index < -0.39 is 0 Å². The summed E-state index contributed by atoms with van der Waals surface area (Å²) in [4.78, 5) is 0. The van der Waals surface area contributed by atoms with Crippen molar-refractivity contribution in [2.24, 2.45) is 5.92 Å². The van der Waals surface area contributed by atoms with Gasteiger partial charge in [0.25, 0.3) is 0 Å². The normalized spacial score (nSPS) is 26.8. The molecule has 1 atom stereocenters. The molecule has 94 valence electrons. The number of nitrogens with one attached hydrogen (secondary N) is 1. The molecule has 2 rings (SSSR count). The van der Waals surface area contributed by atoms with Gasteiger partial charge in [0.15, 0.2) is 0 Å². The summed E-state index contributed by atoms with van der Waals surface area (Å²) in [6.07, 6.45) is 6.16. The summed E-state index contributed by atoms with van der Waals surface area (Å²) >= 11 is 0. The van der Waals surface area contributed by atoms with Gasteiger partial charge in [0.1, 0.15) is 0 Å². The van der Waals surface area contributed by atoms with Crippen LogP contribution in [0.3, 0.4) is 0 Å². The van der Waals surface area contributed by atoms with E-state index >= 15 is 0 Å². The molecular weight excluding hydrogens is 202 g/mol. The average Bonchev–Trinajstić information content (AvgIpc) is 2.31. The number of rotatable bonds is 4. The van der Waals surface area contributed by atoms with Crippen LogP contribution < -0.4 is 5.32 Å². The Labute approximate surface area is 98.9 Å². The van der Waals surface area contributed by atoms with E-state index in [1.165, 1.54) is 32.1 Å². The lowest BCUT2D eigenvalue weighted by Gasteiger charge is -2.30. The molecule has 0 radical (unpaired) electrons. The Morgan fingerprint density at radius 1 is 1.00 bits per heavy atom. The summed E-state index contributed by atoms with van der Waals surface area (Å²) in [5.41, 5.74) is 0. The molecule has 0 bridgehead atoms. The third-order valence-electron chi connectivity index (χ3n) is 3.77. The number of hydrogen-bond acceptors (Lipinski definition) is 3. The second kappa shape index (κ2) is 6.58. The largest absolute Gasteiger partial charge is 0.381 e. The van der Waals surface area contributed by atoms with Gasteiger partial charge >= 0.3 is 0 Å². The lowest BCUT2D eigenvalue weighted by Crippen LogP contribution is -2.41. The van der Waals surface area contributed by atoms with Crippen molar-refractivity contribution in [3.63, 3.8) is 0 Å². The quantitative estimate of drug-likeness (QED) is 0.796. The Balaban J connectivity index is 1.64. The molecule has 1 unspecified atom stereocenters. The van der Waals surface area contributed by atoms with Crippen LogP contribution in [0.15, 0.2) is 0 Å². The molecule has 2 aliphatic rings. The van der Waals surface area contributed by atoms with E-state index in [1.54, 1.807) is 0 Å². The van der Waals surface area contributed by atoms with Crippen molar-refractivity contribution in [3.05, 3.63) is 0 Å². The number of ether oxygens (including phenoxy) is 2. The van der Waals surface area contributed by atoms with E-state index in [4.69, 9.17) is 9.47 Å². The third-order valence-corrected chi connectivity index (χ3v) is 3.77. The fourth-order valence-corrected chi connectivity index (χ4v) is 2.82. The summed E-state index contributed by atoms with van der Waals surface area (Å²) in [6, 6.07) is 1.33. The molecule has 2 aliphatic heterocycles. The first kappa shape index (κ1) is 12.3. The SMILES string of the molecule is CC(CC1CCOCC1)NC1CCOCC1. The maximum absolute atomic E-state index is 5.39. The van der Waals surface area contributed by atoms with Crippen molar-refractivity contribution >= 4 is 0 Å². The molecule has 0 aromatic carbocycles. The van der Waals surface area contributed by atoms with Gasteiger partial charge in [-0.1, -0.05) is 0 Å². The van der Waals surface area contributed by atoms with Crippen molar-refractivity contribution in [1.82, 2.24) is 5.32 Å². The predicted molar refractivity (Wildman–Crippen MR) is 64.6 cm³/mol. The van der Waals surface area contributed by atoms with Gasteiger partial charge in [0.2, 0.25) is 0 Å². The molecule has 0 spiro atoms. The molecule has 16 heavy (non-hydrogen) atoms. The van der Waals surface area contributed by atoms with Crippen molar-refractivity contribution < 1.29 is 9.47 Å². The highest BCUT2D eigenvalue weighted by molar-refractivity contribution is 4.76. The van der Waals surface area contributed by atoms with Crippen LogP contribution in [0.5, 0.6) is 0 Å². The smallest absolute Gasteiger partial charge is 0.0480 e. The Kier molecular flexibility index (Phi) is 5.07. The fourth-order valence-electron chi connectivity index (χ4n) is 2.82. The summed E-state index contributed by atoms with van der Waals surface area (Å²) in [5, 5.41) is 3.75. The van der Waals surface area contributed by atoms with Crippen LogP contribution in [0.4, 0.5) is 0 Å². The van der Waals surface area contributed by atoms with Gasteiger partial charge in [-0.2, -0.15) is 0 Å². The molecule has 2 fully saturated rings. The predicted octanol–water partition coefficient (Wildman–Crippen LogP) is 1.96. The molecule has 3 heteroatoms. The maximum atomic E-state index is 5.39. The molecule has 2 saturated heterocycles. The zero-order valence-electron chi connectivity index (χ0n) is 10.4. The lowest BCUT2D eigenvalue weighted by molar-refractivity contribution is 0.0561. The van der Waals surface area contributed by atoms with Gasteiger partial charge < -0.3 is 14.8 Å². The summed E-state index contributed by atoms with van der Waals surface area (Å²) in [5.74, 6) is 0.871. The van der Waals surface area contributed by atoms with E-state index in [2.05, 4.69) is 12.2 Å². The average molecular weight is 227 g/mol. The van der Waals surface area contributed by atoms with Crippen LogP contribution >= 0.6 is 0 Å². The zero-order chi connectivity index (χ0) is 11.2. The molecule has 3 nitrogen and oxygen atoms in total. The summed E-state index contributed by atoms with van der Waals surface area (Å²) < 4.78 is 10.8. The Bertz CT molecular complexity index is 166. The molecule has 0 aromatic heterocycles. The van der Waals surface area contributed by atoms with Gasteiger partial charge in [-0.25, -0.2) is 0 Å². The van der Waals surface area contributed by atoms with Crippen LogP contribution in [0, 0.1) is 5.92 Å². The molecule has 0 aromatic rings. The number of hydrogen-bond donors (Lipinski definition) is 1. The molecule has 0 saturated carbocycles. The van der Waals surface area contributed by atoms with Crippen LogP contribution in [-0.4, -0.2) is 38.5 Å². The van der Waals surface area contributed by atoms with Gasteiger partial charge in [-0.05, 0) is 44.9 Å². The van der Waals surface area contributed by atoms with E-state index in [1.807, 2.05) is 0 Å². The van der Waals surface area contributed by atoms with Crippen molar-refractivity contribution in [1.29, 1.82) is 0 Å². The molecule has 2 heterocycles. The summed E-state index contributed by atoms with van der Waals surface area (Å²) in [7, 11) is 0. The van der Waals surface area contributed by atoms with E-state index in [0.29, 0.717) is 12.1 Å². The van der Waals surface area contributed by atoms with Crippen LogP contribution in [0.1, 0.15) is 39.0 Å². The van der Waals surface area contributed by atoms with Gasteiger partial charge in [-0.3, -0.25) is 0 Å². The van der Waals surface area contributed by atoms with Crippen LogP contribution in [0.25, 0.3) is 0 Å². The van der Waals surface area contributed by atoms with E-state index in [9.17, 15) is 0 Å². The first-order valence-electron chi connectivity index (χ1n) is 6.76. The van der Waals surface area contributed by atoms with Gasteiger partial charge in [-0.15, -0.1) is 0 Å². The second-order valence-electron chi connectivity index (χ2n) is 5.25. The molecular formula is C13H25NO2. The minimum atomic E-state index is 0.645. The fraction of sp³-hybridized carbons (Fsp3) is 1.00. The first-order chi connectivity index (χ1) is 7.84. The first-order valence-corrected chi connectivity index (χ1v) is 6.76. The van der Waals surface area contributed by atoms with Crippen molar-refractivity contribution in [2.75, 3.05) is 26.4 Å². The van der Waals surface area contributed by atoms with E-state index in [0.717, 1.165) is 32.3 Å². The Morgan fingerprint density at radius 2 is 1.56 bits per heavy atom. The Morgan fingerprint density at radius 3 is 2.19 bits per heavy atom. The Hall–Kier alpha value is -0.120. The monoisotopic (exact) mass is 227 g/mol. The highest BCUT2D eigenvalue weighted by Crippen LogP contribution is 2.20. The topological polar surface area (TPSA) is 30.5 Å². The van der Waals surface area contributed by atoms with Gasteiger partial charge in [0, 0.05) is 38.5 Å². The van der Waals surface area contributed by atoms with Crippen LogP contribution in [-0.2, 0) is 9.47 Å². The standard InChI is InChI=1S/C13H25NO2/c1-11(10-12-2-6-15-7-3-12)14-13-4-8-16-9-5-13/h11-14H,2-10H2,1H3. The molecule has 0 aliphatic carbocycles. The molecule has 1 N–H and O–H groups in total. The van der Waals surface area contributed by atoms with Crippen molar-refractivity contribution in [3.8, 4) is 0 Å². The minimum Gasteiger partial charge on any atom is -0.381 e. The van der Waals surface area contributed by atoms with Crippen molar-refractivity contribution in [2.45, 2.75) is 51.1 Å². The minimum absolute atomic E-state index is 0.645. The summed E-state index contributed by atoms with van der Waals surface area (Å²) in [6.45, 7) is 6.12. The molecule has 0 amide bonds. The zero-order valence-corrected chi connectivity index (χ0v) is 10.4. The second-order valence-corrected chi connectivity index (χ2v) is 5.25. The highest BCUT2D eigenvalue weighted by Gasteiger charge is 2.20. The van der Waals surface area contributed by atoms with Crippen LogP contribution in [0.2, 0.25) is 0 Å². The maximum Gasteiger partial charge on any atom is 0.0480 e. The highest BCUT2D eigenvalue weighted by atomic mass is 16.5. The lowest BCUT2D eigenvalue weighted by atomic mass is 9.92. The van der Waals surface area contributed by atoms with E-state index in [-0.39, 0.29) is 0 Å². The third kappa shape index (κ3) is 4.04. The van der Waals surface area contributed by atoms with Gasteiger partial charge in [0.05, 0.1) is 0 Å².